The molecule has 0 aliphatic heterocycles. The maximum absolute atomic E-state index is 12.4. The number of aromatic nitrogens is 1. The number of hydrogen-bond acceptors (Lipinski definition) is 8. The number of anilines is 1. The molecule has 0 saturated heterocycles. The third-order valence-corrected chi connectivity index (χ3v) is 7.39. The third-order valence-electron chi connectivity index (χ3n) is 4.67. The molecule has 1 amide bonds. The van der Waals surface area contributed by atoms with E-state index in [1.807, 2.05) is 18.2 Å². The Labute approximate surface area is 218 Å². The predicted octanol–water partition coefficient (Wildman–Crippen LogP) is 7.00. The summed E-state index contributed by atoms with van der Waals surface area (Å²) in [5.74, 6) is -0.00512. The van der Waals surface area contributed by atoms with E-state index in [0.29, 0.717) is 20.1 Å². The maximum Gasteiger partial charge on any atom is 0.296 e. The van der Waals surface area contributed by atoms with Gasteiger partial charge in [0.05, 0.1) is 44.8 Å². The number of halogens is 2. The van der Waals surface area contributed by atoms with Crippen LogP contribution in [0.3, 0.4) is 0 Å². The number of nitro benzene ring substituents is 1. The van der Waals surface area contributed by atoms with Crippen molar-refractivity contribution in [3.05, 3.63) is 80.3 Å². The number of hydrogen-bond donors (Lipinski definition) is 1. The predicted molar refractivity (Wildman–Crippen MR) is 142 cm³/mol. The van der Waals surface area contributed by atoms with Crippen LogP contribution in [-0.2, 0) is 4.79 Å². The second-order valence-electron chi connectivity index (χ2n) is 7.03. The molecule has 0 radical (unpaired) electrons. The molecule has 1 N–H and O–H groups in total. The molecule has 1 aromatic heterocycles. The highest BCUT2D eigenvalue weighted by atomic mass is 35.5. The molecule has 0 fully saturated rings. The fraction of sp³-hybridized carbons (Fsp3) is 0.0870. The number of nitro groups is 1. The van der Waals surface area contributed by atoms with Crippen LogP contribution < -0.4 is 10.1 Å². The van der Waals surface area contributed by atoms with Gasteiger partial charge in [-0.15, -0.1) is 11.3 Å². The maximum atomic E-state index is 12.4. The van der Waals surface area contributed by atoms with E-state index in [0.717, 1.165) is 21.5 Å². The van der Waals surface area contributed by atoms with Crippen LogP contribution in [0, 0.1) is 10.1 Å². The summed E-state index contributed by atoms with van der Waals surface area (Å²) >= 11 is 14.8. The Morgan fingerprint density at radius 2 is 2.06 bits per heavy atom. The van der Waals surface area contributed by atoms with Crippen molar-refractivity contribution >= 4 is 85.7 Å². The van der Waals surface area contributed by atoms with Gasteiger partial charge in [-0.05, 0) is 42.5 Å². The number of benzene rings is 3. The van der Waals surface area contributed by atoms with E-state index in [-0.39, 0.29) is 23.0 Å². The summed E-state index contributed by atoms with van der Waals surface area (Å²) in [4.78, 5) is 32.1. The lowest BCUT2D eigenvalue weighted by Crippen LogP contribution is -2.15. The number of rotatable bonds is 8. The lowest BCUT2D eigenvalue weighted by atomic mass is 10.2. The summed E-state index contributed by atoms with van der Waals surface area (Å²) in [6.07, 6.45) is 1.67. The van der Waals surface area contributed by atoms with Crippen molar-refractivity contribution in [2.24, 2.45) is 4.99 Å². The second kappa shape index (κ2) is 11.0. The van der Waals surface area contributed by atoms with Crippen molar-refractivity contribution < 1.29 is 14.5 Å². The number of carbonyl (C=O) groups is 1. The molecule has 0 bridgehead atoms. The number of thioether (sulfide) groups is 1. The number of nitrogens with zero attached hydrogens (tertiary/aromatic N) is 3. The van der Waals surface area contributed by atoms with E-state index in [9.17, 15) is 14.9 Å². The number of fused-ring (bicyclic) bond motifs is 1. The normalized spacial score (nSPS) is 11.2. The van der Waals surface area contributed by atoms with Gasteiger partial charge in [0, 0.05) is 16.8 Å². The van der Waals surface area contributed by atoms with Crippen molar-refractivity contribution in [2.45, 2.75) is 4.34 Å². The molecule has 0 unspecified atom stereocenters. The Morgan fingerprint density at radius 1 is 1.23 bits per heavy atom. The molecule has 1 heterocycles. The number of methoxy groups -OCH3 is 1. The molecule has 4 aromatic rings. The van der Waals surface area contributed by atoms with Crippen LogP contribution in [0.2, 0.25) is 10.0 Å². The molecular weight excluding hydrogens is 531 g/mol. The van der Waals surface area contributed by atoms with Gasteiger partial charge < -0.3 is 10.1 Å². The highest BCUT2D eigenvalue weighted by molar-refractivity contribution is 8.01. The molecule has 3 aromatic carbocycles. The number of amides is 1. The Bertz CT molecular complexity index is 1460. The molecule has 178 valence electrons. The molecule has 0 saturated carbocycles. The molecule has 0 aliphatic rings. The highest BCUT2D eigenvalue weighted by Gasteiger charge is 2.18. The first kappa shape index (κ1) is 24.9. The van der Waals surface area contributed by atoms with Crippen LogP contribution >= 0.6 is 46.3 Å². The number of nitrogens with one attached hydrogen (secondary N) is 1. The monoisotopic (exact) mass is 546 g/mol. The molecule has 4 rings (SSSR count). The number of carbonyl (C=O) groups excluding carboxylic acids is 1. The average molecular weight is 547 g/mol. The van der Waals surface area contributed by atoms with Crippen molar-refractivity contribution in [2.75, 3.05) is 18.2 Å². The number of thiazole rings is 1. The van der Waals surface area contributed by atoms with Gasteiger partial charge in [0.2, 0.25) is 5.91 Å². The van der Waals surface area contributed by atoms with Gasteiger partial charge in [0.15, 0.2) is 4.34 Å². The topological polar surface area (TPSA) is 107 Å². The lowest BCUT2D eigenvalue weighted by molar-refractivity contribution is -0.384. The molecule has 8 nitrogen and oxygen atoms in total. The highest BCUT2D eigenvalue weighted by Crippen LogP contribution is 2.33. The summed E-state index contributed by atoms with van der Waals surface area (Å²) in [5, 5.41) is 14.9. The van der Waals surface area contributed by atoms with Gasteiger partial charge in [-0.1, -0.05) is 41.0 Å². The van der Waals surface area contributed by atoms with E-state index < -0.39 is 4.92 Å². The molecule has 12 heteroatoms. The SMILES string of the molecule is COc1ccc(NC(=O)CSc2nc3ccc(N=Cc4ccc(Cl)cc4Cl)cc3s2)c([N+](=O)[O-])c1. The van der Waals surface area contributed by atoms with Crippen LogP contribution in [0.1, 0.15) is 5.56 Å². The van der Waals surface area contributed by atoms with E-state index in [4.69, 9.17) is 27.9 Å². The largest absolute Gasteiger partial charge is 0.496 e. The second-order valence-corrected chi connectivity index (χ2v) is 10.1. The zero-order valence-electron chi connectivity index (χ0n) is 18.0. The summed E-state index contributed by atoms with van der Waals surface area (Å²) in [6.45, 7) is 0. The van der Waals surface area contributed by atoms with E-state index >= 15 is 0 Å². The quantitative estimate of drug-likeness (QED) is 0.110. The molecule has 0 spiro atoms. The number of ether oxygens (including phenoxy) is 1. The third kappa shape index (κ3) is 6.29. The fourth-order valence-electron chi connectivity index (χ4n) is 2.99. The minimum atomic E-state index is -0.570. The van der Waals surface area contributed by atoms with Crippen LogP contribution in [0.25, 0.3) is 10.2 Å². The van der Waals surface area contributed by atoms with E-state index in [1.54, 1.807) is 30.5 Å². The van der Waals surface area contributed by atoms with Crippen molar-refractivity contribution in [1.82, 2.24) is 4.98 Å². The summed E-state index contributed by atoms with van der Waals surface area (Å²) in [5.41, 5.74) is 2.13. The average Bonchev–Trinajstić information content (AvgIpc) is 3.24. The summed E-state index contributed by atoms with van der Waals surface area (Å²) in [6, 6.07) is 15.0. The van der Waals surface area contributed by atoms with Gasteiger partial charge >= 0.3 is 0 Å². The first-order valence-corrected chi connectivity index (χ1v) is 12.5. The lowest BCUT2D eigenvalue weighted by Gasteiger charge is -2.07. The first-order chi connectivity index (χ1) is 16.8. The van der Waals surface area contributed by atoms with Crippen molar-refractivity contribution in [3.8, 4) is 5.75 Å². The molecule has 35 heavy (non-hydrogen) atoms. The zero-order chi connectivity index (χ0) is 24.9. The van der Waals surface area contributed by atoms with Gasteiger partial charge in [0.25, 0.3) is 5.69 Å². The smallest absolute Gasteiger partial charge is 0.296 e. The minimum Gasteiger partial charge on any atom is -0.496 e. The standard InChI is InChI=1S/C23H16Cl2N4O4S2/c1-33-16-5-7-18(20(10-16)29(31)32)27-22(30)12-34-23-28-19-6-4-15(9-21(19)35-23)26-11-13-2-3-14(24)8-17(13)25/h2-11H,12H2,1H3,(H,27,30). The Hall–Kier alpha value is -3.18. The van der Waals surface area contributed by atoms with Crippen molar-refractivity contribution in [3.63, 3.8) is 0 Å². The van der Waals surface area contributed by atoms with E-state index in [1.165, 1.54) is 42.3 Å². The van der Waals surface area contributed by atoms with Crippen LogP contribution in [0.4, 0.5) is 17.1 Å². The van der Waals surface area contributed by atoms with Crippen molar-refractivity contribution in [1.29, 1.82) is 0 Å². The van der Waals surface area contributed by atoms with E-state index in [2.05, 4.69) is 15.3 Å². The van der Waals surface area contributed by atoms with Gasteiger partial charge in [-0.2, -0.15) is 0 Å². The summed E-state index contributed by atoms with van der Waals surface area (Å²) < 4.78 is 6.62. The number of aliphatic imine (C=N–C) groups is 1. The molecule has 0 aliphatic carbocycles. The van der Waals surface area contributed by atoms with Crippen LogP contribution in [0.5, 0.6) is 5.75 Å². The summed E-state index contributed by atoms with van der Waals surface area (Å²) in [7, 11) is 1.41. The van der Waals surface area contributed by atoms with Crippen LogP contribution in [0.15, 0.2) is 63.9 Å². The Morgan fingerprint density at radius 3 is 2.80 bits per heavy atom. The zero-order valence-corrected chi connectivity index (χ0v) is 21.2. The van der Waals surface area contributed by atoms with Gasteiger partial charge in [-0.25, -0.2) is 4.98 Å². The molecular formula is C23H16Cl2N4O4S2. The fourth-order valence-corrected chi connectivity index (χ4v) is 5.35. The van der Waals surface area contributed by atoms with Crippen LogP contribution in [-0.4, -0.2) is 34.9 Å². The Balaban J connectivity index is 1.42. The molecule has 0 atom stereocenters. The first-order valence-electron chi connectivity index (χ1n) is 9.97. The van der Waals surface area contributed by atoms with Gasteiger partial charge in [-0.3, -0.25) is 19.9 Å². The van der Waals surface area contributed by atoms with Gasteiger partial charge in [0.1, 0.15) is 11.4 Å². The minimum absolute atomic E-state index is 0.0447. The Kier molecular flexibility index (Phi) is 7.86.